The third-order valence-electron chi connectivity index (χ3n) is 3.68. The third-order valence-corrected chi connectivity index (χ3v) is 4.57. The van der Waals surface area contributed by atoms with Crippen LogP contribution in [0.25, 0.3) is 11.3 Å². The summed E-state index contributed by atoms with van der Waals surface area (Å²) in [5, 5.41) is 7.33. The first-order valence-corrected chi connectivity index (χ1v) is 8.09. The van der Waals surface area contributed by atoms with Gasteiger partial charge in [0.25, 0.3) is 5.91 Å². The predicted molar refractivity (Wildman–Crippen MR) is 90.2 cm³/mol. The van der Waals surface area contributed by atoms with E-state index in [1.807, 2.05) is 6.92 Å². The molecule has 1 aromatic carbocycles. The quantitative estimate of drug-likeness (QED) is 0.788. The number of halogens is 1. The standard InChI is InChI=1S/C16H16FN5OS/c1-10-13(11-4-6-12(17)7-5-11)20-15(24-10)21-14(23)16(2,3)22-9-18-8-19-22/h4-9H,1-3H3,(H,20,21,23). The summed E-state index contributed by atoms with van der Waals surface area (Å²) in [5.74, 6) is -0.540. The van der Waals surface area contributed by atoms with Crippen molar-refractivity contribution < 1.29 is 9.18 Å². The third kappa shape index (κ3) is 3.05. The van der Waals surface area contributed by atoms with Crippen LogP contribution >= 0.6 is 11.3 Å². The van der Waals surface area contributed by atoms with Crippen LogP contribution in [0.15, 0.2) is 36.9 Å². The van der Waals surface area contributed by atoms with E-state index in [1.165, 1.54) is 40.8 Å². The molecule has 3 rings (SSSR count). The van der Waals surface area contributed by atoms with E-state index in [0.717, 1.165) is 16.1 Å². The van der Waals surface area contributed by atoms with E-state index in [9.17, 15) is 9.18 Å². The van der Waals surface area contributed by atoms with Gasteiger partial charge in [-0.3, -0.25) is 10.1 Å². The summed E-state index contributed by atoms with van der Waals surface area (Å²) in [5.41, 5.74) is 0.640. The van der Waals surface area contributed by atoms with Gasteiger partial charge in [-0.15, -0.1) is 11.3 Å². The Labute approximate surface area is 142 Å². The Kier molecular flexibility index (Phi) is 4.15. The van der Waals surface area contributed by atoms with Gasteiger partial charge in [0.05, 0.1) is 5.69 Å². The lowest BCUT2D eigenvalue weighted by Crippen LogP contribution is -2.40. The van der Waals surface area contributed by atoms with Crippen LogP contribution in [0.4, 0.5) is 9.52 Å². The SMILES string of the molecule is Cc1sc(NC(=O)C(C)(C)n2cncn2)nc1-c1ccc(F)cc1. The van der Waals surface area contributed by atoms with Crippen LogP contribution in [-0.4, -0.2) is 25.7 Å². The second-order valence-corrected chi connectivity index (χ2v) is 6.99. The molecular weight excluding hydrogens is 329 g/mol. The van der Waals surface area contributed by atoms with E-state index in [2.05, 4.69) is 20.4 Å². The number of aryl methyl sites for hydroxylation is 1. The Morgan fingerprint density at radius 2 is 2.00 bits per heavy atom. The summed E-state index contributed by atoms with van der Waals surface area (Å²) in [4.78, 5) is 21.8. The smallest absolute Gasteiger partial charge is 0.253 e. The summed E-state index contributed by atoms with van der Waals surface area (Å²) in [6, 6.07) is 6.12. The first-order valence-electron chi connectivity index (χ1n) is 7.28. The summed E-state index contributed by atoms with van der Waals surface area (Å²) < 4.78 is 14.5. The summed E-state index contributed by atoms with van der Waals surface area (Å²) in [6.07, 6.45) is 2.88. The zero-order chi connectivity index (χ0) is 17.3. The van der Waals surface area contributed by atoms with E-state index in [-0.39, 0.29) is 11.7 Å². The first kappa shape index (κ1) is 16.3. The zero-order valence-electron chi connectivity index (χ0n) is 13.4. The van der Waals surface area contributed by atoms with Crippen molar-refractivity contribution in [2.24, 2.45) is 0 Å². The Bertz CT molecular complexity index is 855. The molecule has 124 valence electrons. The maximum Gasteiger partial charge on any atom is 0.253 e. The lowest BCUT2D eigenvalue weighted by molar-refractivity contribution is -0.123. The van der Waals surface area contributed by atoms with Crippen molar-refractivity contribution in [1.29, 1.82) is 0 Å². The maximum absolute atomic E-state index is 13.1. The van der Waals surface area contributed by atoms with Gasteiger partial charge in [0.2, 0.25) is 0 Å². The summed E-state index contributed by atoms with van der Waals surface area (Å²) in [6.45, 7) is 5.41. The van der Waals surface area contributed by atoms with Gasteiger partial charge in [0.1, 0.15) is 24.0 Å². The van der Waals surface area contributed by atoms with Crippen LogP contribution in [0, 0.1) is 12.7 Å². The molecule has 0 unspecified atom stereocenters. The average Bonchev–Trinajstić information content (AvgIpc) is 3.18. The van der Waals surface area contributed by atoms with Crippen molar-refractivity contribution >= 4 is 22.4 Å². The number of rotatable bonds is 4. The van der Waals surface area contributed by atoms with Crippen LogP contribution in [0.3, 0.4) is 0 Å². The molecule has 8 heteroatoms. The highest BCUT2D eigenvalue weighted by Gasteiger charge is 2.31. The van der Waals surface area contributed by atoms with Crippen LogP contribution in [0.2, 0.25) is 0 Å². The highest BCUT2D eigenvalue weighted by molar-refractivity contribution is 7.16. The number of amides is 1. The van der Waals surface area contributed by atoms with Crippen molar-refractivity contribution in [2.75, 3.05) is 5.32 Å². The minimum atomic E-state index is -0.897. The summed E-state index contributed by atoms with van der Waals surface area (Å²) >= 11 is 1.37. The normalized spacial score (nSPS) is 11.5. The molecule has 0 aliphatic rings. The monoisotopic (exact) mass is 345 g/mol. The van der Waals surface area contributed by atoms with Gasteiger partial charge in [-0.1, -0.05) is 0 Å². The van der Waals surface area contributed by atoms with E-state index in [0.29, 0.717) is 5.13 Å². The summed E-state index contributed by atoms with van der Waals surface area (Å²) in [7, 11) is 0. The van der Waals surface area contributed by atoms with Crippen molar-refractivity contribution in [3.63, 3.8) is 0 Å². The van der Waals surface area contributed by atoms with Gasteiger partial charge < -0.3 is 0 Å². The highest BCUT2D eigenvalue weighted by Crippen LogP contribution is 2.31. The number of benzene rings is 1. The first-order chi connectivity index (χ1) is 11.4. The van der Waals surface area contributed by atoms with Gasteiger partial charge in [0, 0.05) is 10.4 Å². The molecule has 0 saturated heterocycles. The van der Waals surface area contributed by atoms with Crippen molar-refractivity contribution in [2.45, 2.75) is 26.3 Å². The molecule has 0 spiro atoms. The number of nitrogens with zero attached hydrogens (tertiary/aromatic N) is 4. The highest BCUT2D eigenvalue weighted by atomic mass is 32.1. The number of hydrogen-bond acceptors (Lipinski definition) is 5. The van der Waals surface area contributed by atoms with Crippen LogP contribution < -0.4 is 5.32 Å². The fourth-order valence-corrected chi connectivity index (χ4v) is 3.01. The van der Waals surface area contributed by atoms with Gasteiger partial charge >= 0.3 is 0 Å². The number of anilines is 1. The molecule has 24 heavy (non-hydrogen) atoms. The number of aromatic nitrogens is 4. The lowest BCUT2D eigenvalue weighted by atomic mass is 10.1. The van der Waals surface area contributed by atoms with E-state index in [4.69, 9.17) is 0 Å². The molecule has 0 radical (unpaired) electrons. The molecule has 0 aliphatic carbocycles. The Balaban J connectivity index is 1.83. The minimum absolute atomic E-state index is 0.243. The van der Waals surface area contributed by atoms with Crippen molar-refractivity contribution in [1.82, 2.24) is 19.7 Å². The molecule has 0 aliphatic heterocycles. The van der Waals surface area contributed by atoms with E-state index in [1.54, 1.807) is 26.0 Å². The van der Waals surface area contributed by atoms with Gasteiger partial charge in [-0.25, -0.2) is 19.0 Å². The van der Waals surface area contributed by atoms with Gasteiger partial charge in [-0.2, -0.15) is 5.10 Å². The Morgan fingerprint density at radius 3 is 2.62 bits per heavy atom. The number of carbonyl (C=O) groups is 1. The number of carbonyl (C=O) groups excluding carboxylic acids is 1. The zero-order valence-corrected chi connectivity index (χ0v) is 14.3. The molecule has 2 aromatic heterocycles. The molecule has 3 aromatic rings. The van der Waals surface area contributed by atoms with Crippen molar-refractivity contribution in [3.05, 3.63) is 47.6 Å². The fourth-order valence-electron chi connectivity index (χ4n) is 2.18. The number of thiazole rings is 1. The molecule has 0 bridgehead atoms. The second kappa shape index (κ2) is 6.12. The topological polar surface area (TPSA) is 72.7 Å². The van der Waals surface area contributed by atoms with Crippen LogP contribution in [0.5, 0.6) is 0 Å². The minimum Gasteiger partial charge on any atom is -0.300 e. The number of nitrogens with one attached hydrogen (secondary N) is 1. The molecule has 0 fully saturated rings. The largest absolute Gasteiger partial charge is 0.300 e. The maximum atomic E-state index is 13.1. The van der Waals surface area contributed by atoms with Gasteiger partial charge in [-0.05, 0) is 45.0 Å². The van der Waals surface area contributed by atoms with Crippen LogP contribution in [-0.2, 0) is 10.3 Å². The predicted octanol–water partition coefficient (Wildman–Crippen LogP) is 3.22. The molecule has 0 saturated carbocycles. The molecule has 0 atom stereocenters. The van der Waals surface area contributed by atoms with E-state index < -0.39 is 5.54 Å². The number of hydrogen-bond donors (Lipinski definition) is 1. The van der Waals surface area contributed by atoms with E-state index >= 15 is 0 Å². The van der Waals surface area contributed by atoms with Crippen molar-refractivity contribution in [3.8, 4) is 11.3 Å². The second-order valence-electron chi connectivity index (χ2n) is 5.78. The average molecular weight is 345 g/mol. The fraction of sp³-hybridized carbons (Fsp3) is 0.250. The lowest BCUT2D eigenvalue weighted by Gasteiger charge is -2.22. The molecule has 2 heterocycles. The Hall–Kier alpha value is -2.61. The molecule has 1 amide bonds. The Morgan fingerprint density at radius 1 is 1.29 bits per heavy atom. The molecular formula is C16H16FN5OS. The van der Waals surface area contributed by atoms with Crippen LogP contribution in [0.1, 0.15) is 18.7 Å². The molecule has 1 N–H and O–H groups in total. The van der Waals surface area contributed by atoms with Gasteiger partial charge in [0.15, 0.2) is 5.13 Å². The molecule has 6 nitrogen and oxygen atoms in total.